The Labute approximate surface area is 325 Å². The number of allylic oxidation sites excluding steroid dienone is 7. The summed E-state index contributed by atoms with van der Waals surface area (Å²) in [6.45, 7) is 9.91. The maximum atomic E-state index is 12.5. The van der Waals surface area contributed by atoms with Crippen LogP contribution in [0, 0.1) is 29.1 Å². The molecule has 1 aromatic rings. The van der Waals surface area contributed by atoms with Gasteiger partial charge in [-0.3, -0.25) is 4.79 Å². The number of hydrogen-bond donors (Lipinski definition) is 6. The van der Waals surface area contributed by atoms with Crippen LogP contribution in [-0.4, -0.2) is 77.8 Å². The molecular formula is C47H70N2O5. The predicted molar refractivity (Wildman–Crippen MR) is 220 cm³/mol. The molecule has 0 aromatic heterocycles. The zero-order chi connectivity index (χ0) is 38.7. The van der Waals surface area contributed by atoms with E-state index < -0.39 is 17.1 Å². The van der Waals surface area contributed by atoms with E-state index in [1.807, 2.05) is 26.1 Å². The largest absolute Gasteiger partial charge is 0.396 e. The van der Waals surface area contributed by atoms with Crippen LogP contribution in [-0.2, 0) is 17.6 Å². The minimum atomic E-state index is -1.16. The van der Waals surface area contributed by atoms with Crippen molar-refractivity contribution in [1.29, 1.82) is 0 Å². The summed E-state index contributed by atoms with van der Waals surface area (Å²) in [5.74, 6) is 0.366. The van der Waals surface area contributed by atoms with Gasteiger partial charge in [-0.05, 0) is 145 Å². The first-order chi connectivity index (χ1) is 26.1. The standard InChI is InChI=1S/C47H70N2O5/c1-33-18-19-39(28-36-12-9-13-37(27-36)29-44(49-30-33)38-14-6-5-7-15-38)34(2)11-8-16-40(32-52)42-21-23-47(45(42)53)43(17-10-26-50)41(35(3)31-51)20-22-46(47,54)24-25-48-4/h8-9,11-13,16,18,27,31,38-39,42-45,48-50,52-54H,2,5-7,10,14-15,17,19-26,28-30,32H2,1,3-4H3/t39-,42+,43-,44-,45+,46-,47+/m0/s1. The minimum Gasteiger partial charge on any atom is -0.396 e. The Morgan fingerprint density at radius 1 is 1.09 bits per heavy atom. The van der Waals surface area contributed by atoms with Crippen LogP contribution >= 0.6 is 0 Å². The summed E-state index contributed by atoms with van der Waals surface area (Å²) in [5, 5.41) is 52.7. The normalized spacial score (nSPS) is 32.6. The second-order valence-electron chi connectivity index (χ2n) is 17.2. The molecule has 7 atom stereocenters. The van der Waals surface area contributed by atoms with Gasteiger partial charge in [0.25, 0.3) is 0 Å². The fourth-order valence-corrected chi connectivity index (χ4v) is 10.8. The van der Waals surface area contributed by atoms with Gasteiger partial charge in [-0.2, -0.15) is 0 Å². The Bertz CT molecular complexity index is 1540. The molecule has 0 unspecified atom stereocenters. The van der Waals surface area contributed by atoms with Crippen LogP contribution in [0.4, 0.5) is 0 Å². The summed E-state index contributed by atoms with van der Waals surface area (Å²) in [4.78, 5) is 12.1. The van der Waals surface area contributed by atoms with Gasteiger partial charge in [0.1, 0.15) is 6.29 Å². The molecule has 6 N–H and O–H groups in total. The Morgan fingerprint density at radius 2 is 1.85 bits per heavy atom. The molecule has 0 amide bonds. The van der Waals surface area contributed by atoms with Crippen molar-refractivity contribution in [2.75, 3.05) is 33.4 Å². The summed E-state index contributed by atoms with van der Waals surface area (Å²) in [7, 11) is 1.87. The summed E-state index contributed by atoms with van der Waals surface area (Å²) in [6, 6.07) is 9.64. The molecule has 3 saturated carbocycles. The van der Waals surface area contributed by atoms with E-state index in [0.717, 1.165) is 54.7 Å². The molecule has 7 nitrogen and oxygen atoms in total. The number of rotatable bonds is 13. The molecular weight excluding hydrogens is 673 g/mol. The molecule has 1 aliphatic heterocycles. The van der Waals surface area contributed by atoms with Crippen molar-refractivity contribution in [3.05, 3.63) is 94.1 Å². The predicted octanol–water partition coefficient (Wildman–Crippen LogP) is 7.10. The fourth-order valence-electron chi connectivity index (χ4n) is 10.8. The lowest BCUT2D eigenvalue weighted by molar-refractivity contribution is -0.180. The average molecular weight is 743 g/mol. The van der Waals surface area contributed by atoms with Gasteiger partial charge in [0.2, 0.25) is 0 Å². The Hall–Kier alpha value is -2.65. The minimum absolute atomic E-state index is 0.00447. The van der Waals surface area contributed by atoms with Crippen LogP contribution in [0.1, 0.15) is 108 Å². The highest BCUT2D eigenvalue weighted by molar-refractivity contribution is 5.74. The molecule has 1 aromatic carbocycles. The third kappa shape index (κ3) is 9.65. The van der Waals surface area contributed by atoms with Gasteiger partial charge in [0.15, 0.2) is 0 Å². The third-order valence-electron chi connectivity index (χ3n) is 14.0. The lowest BCUT2D eigenvalue weighted by Crippen LogP contribution is -2.61. The quantitative estimate of drug-likeness (QED) is 0.0552. The number of benzene rings is 1. The van der Waals surface area contributed by atoms with Gasteiger partial charge in [-0.15, -0.1) is 0 Å². The van der Waals surface area contributed by atoms with Gasteiger partial charge in [-0.25, -0.2) is 0 Å². The van der Waals surface area contributed by atoms with Crippen LogP contribution < -0.4 is 10.6 Å². The van der Waals surface area contributed by atoms with Crippen molar-refractivity contribution in [2.24, 2.45) is 29.1 Å². The summed E-state index contributed by atoms with van der Waals surface area (Å²) >= 11 is 0. The van der Waals surface area contributed by atoms with Crippen LogP contribution in [0.3, 0.4) is 0 Å². The van der Waals surface area contributed by atoms with E-state index in [0.29, 0.717) is 63.1 Å². The number of hydrogen-bond acceptors (Lipinski definition) is 7. The van der Waals surface area contributed by atoms with Crippen LogP contribution in [0.2, 0.25) is 0 Å². The highest BCUT2D eigenvalue weighted by atomic mass is 16.3. The first-order valence-corrected chi connectivity index (χ1v) is 21.0. The lowest BCUT2D eigenvalue weighted by atomic mass is 9.51. The summed E-state index contributed by atoms with van der Waals surface area (Å²) in [5.41, 5.74) is 5.46. The highest BCUT2D eigenvalue weighted by Crippen LogP contribution is 2.64. The second kappa shape index (κ2) is 20.0. The molecule has 0 radical (unpaired) electrons. The van der Waals surface area contributed by atoms with E-state index in [2.05, 4.69) is 60.6 Å². The number of nitrogens with one attached hydrogen (secondary N) is 2. The number of fused-ring (bicyclic) bond motifs is 2. The van der Waals surface area contributed by atoms with E-state index >= 15 is 0 Å². The number of aliphatic hydroxyl groups is 4. The van der Waals surface area contributed by atoms with Crippen molar-refractivity contribution >= 4 is 6.29 Å². The lowest BCUT2D eigenvalue weighted by Gasteiger charge is -2.57. The molecule has 4 aliphatic rings. The number of carbonyl (C=O) groups is 1. The number of aldehydes is 1. The number of carbonyl (C=O) groups excluding carboxylic acids is 1. The van der Waals surface area contributed by atoms with Crippen molar-refractivity contribution < 1.29 is 25.2 Å². The topological polar surface area (TPSA) is 122 Å². The monoisotopic (exact) mass is 743 g/mol. The Kier molecular flexibility index (Phi) is 15.7. The van der Waals surface area contributed by atoms with E-state index in [-0.39, 0.29) is 31.0 Å². The van der Waals surface area contributed by atoms with Gasteiger partial charge >= 0.3 is 0 Å². The summed E-state index contributed by atoms with van der Waals surface area (Å²) < 4.78 is 0. The van der Waals surface area contributed by atoms with Crippen LogP contribution in [0.15, 0.2) is 83.0 Å². The van der Waals surface area contributed by atoms with Crippen LogP contribution in [0.25, 0.3) is 0 Å². The summed E-state index contributed by atoms with van der Waals surface area (Å²) in [6.07, 6.45) is 21.7. The van der Waals surface area contributed by atoms with Gasteiger partial charge in [0.05, 0.1) is 18.3 Å². The molecule has 5 rings (SSSR count). The first kappa shape index (κ1) is 42.5. The van der Waals surface area contributed by atoms with Crippen LogP contribution in [0.5, 0.6) is 0 Å². The van der Waals surface area contributed by atoms with Crippen molar-refractivity contribution in [1.82, 2.24) is 10.6 Å². The van der Waals surface area contributed by atoms with E-state index in [1.54, 1.807) is 0 Å². The molecule has 54 heavy (non-hydrogen) atoms. The SMILES string of the molecule is C=C(C=CC=C(CO)[C@H]1CC[C@]2([C@@H]1O)[C@@H](CCCO)C(=C(C)C=O)CC[C@]2(O)CCNC)[C@H]1CC=C(C)CN[C@H](C2CCCCC2)Cc2cccc(c2)C1. The molecule has 7 heteroatoms. The Morgan fingerprint density at radius 3 is 2.56 bits per heavy atom. The maximum Gasteiger partial charge on any atom is 0.145 e. The second-order valence-corrected chi connectivity index (χ2v) is 17.2. The molecule has 0 saturated heterocycles. The molecule has 3 aliphatic carbocycles. The smallest absolute Gasteiger partial charge is 0.145 e. The van der Waals surface area contributed by atoms with Gasteiger partial charge in [-0.1, -0.05) is 91.1 Å². The van der Waals surface area contributed by atoms with E-state index in [4.69, 9.17) is 0 Å². The van der Waals surface area contributed by atoms with Gasteiger partial charge in [0, 0.05) is 30.5 Å². The molecule has 298 valence electrons. The fraction of sp³-hybridized carbons (Fsp3) is 0.638. The zero-order valence-corrected chi connectivity index (χ0v) is 33.5. The first-order valence-electron chi connectivity index (χ1n) is 21.0. The van der Waals surface area contributed by atoms with Gasteiger partial charge < -0.3 is 31.1 Å². The molecule has 3 fully saturated rings. The zero-order valence-electron chi connectivity index (χ0n) is 33.5. The highest BCUT2D eigenvalue weighted by Gasteiger charge is 2.65. The van der Waals surface area contributed by atoms with Crippen molar-refractivity contribution in [3.8, 4) is 0 Å². The van der Waals surface area contributed by atoms with Crippen molar-refractivity contribution in [2.45, 2.75) is 128 Å². The third-order valence-corrected chi connectivity index (χ3v) is 14.0. The van der Waals surface area contributed by atoms with E-state index in [1.165, 1.54) is 48.8 Å². The Balaban J connectivity index is 1.37. The number of aliphatic hydroxyl groups excluding tert-OH is 3. The van der Waals surface area contributed by atoms with Crippen molar-refractivity contribution in [3.63, 3.8) is 0 Å². The van der Waals surface area contributed by atoms with E-state index in [9.17, 15) is 25.2 Å². The molecule has 1 heterocycles. The molecule has 1 spiro atoms. The maximum absolute atomic E-state index is 12.5. The molecule has 2 bridgehead atoms. The average Bonchev–Trinajstić information content (AvgIpc) is 3.53.